The molecule has 116 valence electrons. The van der Waals surface area contributed by atoms with Gasteiger partial charge in [0.1, 0.15) is 5.69 Å². The molecule has 2 bridgehead atoms. The van der Waals surface area contributed by atoms with Gasteiger partial charge in [0.25, 0.3) is 5.56 Å². The van der Waals surface area contributed by atoms with Gasteiger partial charge in [-0.15, -0.1) is 0 Å². The Morgan fingerprint density at radius 3 is 2.45 bits per heavy atom. The van der Waals surface area contributed by atoms with Gasteiger partial charge in [0.05, 0.1) is 10.0 Å². The molecule has 5 heteroatoms. The van der Waals surface area contributed by atoms with Crippen molar-refractivity contribution in [2.75, 3.05) is 0 Å². The standard InChI is InChI=1S/C17H18Cl2N2O/c1-16(2)9-7-8-17(16,3)14-12(9)15(22)21(20-14)13-10(18)5-4-6-11(13)19/h4-6,9,20H,7-8H2,1-3H3/t9-,17+/m1/s1. The molecule has 3 nitrogen and oxygen atoms in total. The van der Waals surface area contributed by atoms with Crippen LogP contribution in [0.3, 0.4) is 0 Å². The van der Waals surface area contributed by atoms with Crippen LogP contribution < -0.4 is 5.56 Å². The Morgan fingerprint density at radius 1 is 1.23 bits per heavy atom. The molecule has 0 spiro atoms. The van der Waals surface area contributed by atoms with Crippen molar-refractivity contribution in [3.63, 3.8) is 0 Å². The highest BCUT2D eigenvalue weighted by Crippen LogP contribution is 2.66. The Hall–Kier alpha value is -1.19. The molecule has 0 amide bonds. The third-order valence-corrected chi connectivity index (χ3v) is 6.82. The molecule has 1 heterocycles. The molecule has 2 aliphatic rings. The third-order valence-electron chi connectivity index (χ3n) is 6.21. The van der Waals surface area contributed by atoms with E-state index >= 15 is 0 Å². The maximum atomic E-state index is 13.0. The molecule has 0 unspecified atom stereocenters. The lowest BCUT2D eigenvalue weighted by molar-refractivity contribution is 0.224. The summed E-state index contributed by atoms with van der Waals surface area (Å²) < 4.78 is 1.53. The molecular weight excluding hydrogens is 319 g/mol. The second-order valence-corrected chi connectivity index (χ2v) is 8.07. The highest BCUT2D eigenvalue weighted by Gasteiger charge is 2.61. The Bertz CT molecular complexity index is 829. The van der Waals surface area contributed by atoms with E-state index < -0.39 is 0 Å². The van der Waals surface area contributed by atoms with Crippen LogP contribution >= 0.6 is 23.2 Å². The quantitative estimate of drug-likeness (QED) is 0.808. The van der Waals surface area contributed by atoms with Gasteiger partial charge in [0, 0.05) is 16.7 Å². The summed E-state index contributed by atoms with van der Waals surface area (Å²) in [6.07, 6.45) is 2.17. The lowest BCUT2D eigenvalue weighted by Crippen LogP contribution is -2.33. The van der Waals surface area contributed by atoms with Gasteiger partial charge in [-0.1, -0.05) is 50.0 Å². The maximum absolute atomic E-state index is 13.0. The molecule has 0 radical (unpaired) electrons. The summed E-state index contributed by atoms with van der Waals surface area (Å²) in [5.74, 6) is 0.304. The molecule has 1 aromatic heterocycles. The van der Waals surface area contributed by atoms with E-state index in [0.29, 0.717) is 21.7 Å². The van der Waals surface area contributed by atoms with Crippen LogP contribution in [0.15, 0.2) is 23.0 Å². The second-order valence-electron chi connectivity index (χ2n) is 7.26. The number of halogens is 2. The van der Waals surface area contributed by atoms with Crippen molar-refractivity contribution in [2.45, 2.75) is 44.9 Å². The number of benzene rings is 1. The summed E-state index contributed by atoms with van der Waals surface area (Å²) in [7, 11) is 0. The lowest BCUT2D eigenvalue weighted by Gasteiger charge is -2.34. The minimum absolute atomic E-state index is 0.00510. The van der Waals surface area contributed by atoms with Crippen LogP contribution in [0.5, 0.6) is 0 Å². The summed E-state index contributed by atoms with van der Waals surface area (Å²) in [6.45, 7) is 6.79. The summed E-state index contributed by atoms with van der Waals surface area (Å²) in [5.41, 5.74) is 2.64. The van der Waals surface area contributed by atoms with Gasteiger partial charge in [-0.2, -0.15) is 0 Å². The van der Waals surface area contributed by atoms with Crippen molar-refractivity contribution in [1.29, 1.82) is 0 Å². The molecule has 22 heavy (non-hydrogen) atoms. The summed E-state index contributed by atoms with van der Waals surface area (Å²) in [6, 6.07) is 5.28. The molecule has 2 aliphatic carbocycles. The fraction of sp³-hybridized carbons (Fsp3) is 0.471. The number of rotatable bonds is 1. The number of aromatic amines is 1. The first-order chi connectivity index (χ1) is 10.3. The van der Waals surface area contributed by atoms with E-state index in [4.69, 9.17) is 23.2 Å². The summed E-state index contributed by atoms with van der Waals surface area (Å²) >= 11 is 12.5. The van der Waals surface area contributed by atoms with E-state index in [9.17, 15) is 4.79 Å². The van der Waals surface area contributed by atoms with Crippen molar-refractivity contribution < 1.29 is 0 Å². The van der Waals surface area contributed by atoms with E-state index in [-0.39, 0.29) is 16.4 Å². The first-order valence-electron chi connectivity index (χ1n) is 7.59. The molecule has 4 rings (SSSR count). The Balaban J connectivity index is 2.00. The average molecular weight is 337 g/mol. The van der Waals surface area contributed by atoms with Crippen molar-refractivity contribution in [3.8, 4) is 5.69 Å². The van der Waals surface area contributed by atoms with Gasteiger partial charge < -0.3 is 0 Å². The molecule has 1 N–H and O–H groups in total. The van der Waals surface area contributed by atoms with E-state index in [1.165, 1.54) is 4.68 Å². The van der Waals surface area contributed by atoms with Gasteiger partial charge in [0.2, 0.25) is 0 Å². The first kappa shape index (κ1) is 14.4. The lowest BCUT2D eigenvalue weighted by atomic mass is 9.70. The Kier molecular flexibility index (Phi) is 2.76. The molecule has 1 fully saturated rings. The largest absolute Gasteiger partial charge is 0.294 e. The maximum Gasteiger partial charge on any atom is 0.275 e. The zero-order chi connectivity index (χ0) is 15.9. The van der Waals surface area contributed by atoms with Crippen LogP contribution in [0.2, 0.25) is 10.0 Å². The molecule has 0 saturated heterocycles. The minimum Gasteiger partial charge on any atom is -0.294 e. The van der Waals surface area contributed by atoms with Crippen LogP contribution in [0.25, 0.3) is 5.69 Å². The summed E-state index contributed by atoms with van der Waals surface area (Å²) in [4.78, 5) is 13.0. The topological polar surface area (TPSA) is 37.8 Å². The molecular formula is C17H18Cl2N2O. The second kappa shape index (κ2) is 4.21. The number of nitrogens with one attached hydrogen (secondary N) is 1. The molecule has 2 aromatic rings. The van der Waals surface area contributed by atoms with E-state index in [1.54, 1.807) is 18.2 Å². The van der Waals surface area contributed by atoms with Crippen molar-refractivity contribution in [3.05, 3.63) is 49.9 Å². The zero-order valence-corrected chi connectivity index (χ0v) is 14.3. The van der Waals surface area contributed by atoms with Crippen molar-refractivity contribution >= 4 is 23.2 Å². The smallest absolute Gasteiger partial charge is 0.275 e. The van der Waals surface area contributed by atoms with Gasteiger partial charge >= 0.3 is 0 Å². The average Bonchev–Trinajstić information content (AvgIpc) is 2.94. The molecule has 1 saturated carbocycles. The van der Waals surface area contributed by atoms with Crippen molar-refractivity contribution in [1.82, 2.24) is 9.78 Å². The predicted molar refractivity (Wildman–Crippen MR) is 89.5 cm³/mol. The SMILES string of the molecule is CC1(C)[C@@H]2CC[C@@]1(C)c1[nH]n(-c3c(Cl)cccc3Cl)c(=O)c12. The Morgan fingerprint density at radius 2 is 1.86 bits per heavy atom. The number of para-hydroxylation sites is 1. The first-order valence-corrected chi connectivity index (χ1v) is 8.34. The van der Waals surface area contributed by atoms with E-state index in [0.717, 1.165) is 24.1 Å². The fourth-order valence-electron chi connectivity index (χ4n) is 4.51. The summed E-state index contributed by atoms with van der Waals surface area (Å²) in [5, 5.41) is 4.28. The number of aromatic nitrogens is 2. The zero-order valence-electron chi connectivity index (χ0n) is 12.8. The monoisotopic (exact) mass is 336 g/mol. The van der Waals surface area contributed by atoms with Crippen LogP contribution in [-0.4, -0.2) is 9.78 Å². The van der Waals surface area contributed by atoms with Crippen molar-refractivity contribution in [2.24, 2.45) is 5.41 Å². The van der Waals surface area contributed by atoms with Gasteiger partial charge in [0.15, 0.2) is 0 Å². The molecule has 2 atom stereocenters. The highest BCUT2D eigenvalue weighted by molar-refractivity contribution is 6.37. The third kappa shape index (κ3) is 1.47. The normalized spacial score (nSPS) is 28.1. The highest BCUT2D eigenvalue weighted by atomic mass is 35.5. The minimum atomic E-state index is -0.00787. The number of hydrogen-bond donors (Lipinski definition) is 1. The van der Waals surface area contributed by atoms with Gasteiger partial charge in [-0.25, -0.2) is 4.68 Å². The van der Waals surface area contributed by atoms with Crippen LogP contribution in [0, 0.1) is 5.41 Å². The van der Waals surface area contributed by atoms with Gasteiger partial charge in [-0.05, 0) is 36.3 Å². The molecule has 0 aliphatic heterocycles. The fourth-order valence-corrected chi connectivity index (χ4v) is 5.07. The van der Waals surface area contributed by atoms with Crippen LogP contribution in [-0.2, 0) is 5.41 Å². The molecule has 1 aromatic carbocycles. The number of H-pyrrole nitrogens is 1. The van der Waals surface area contributed by atoms with Crippen LogP contribution in [0.1, 0.15) is 50.8 Å². The van der Waals surface area contributed by atoms with Crippen LogP contribution in [0.4, 0.5) is 0 Å². The van der Waals surface area contributed by atoms with E-state index in [1.807, 2.05) is 0 Å². The number of fused-ring (bicyclic) bond motifs is 5. The number of hydrogen-bond acceptors (Lipinski definition) is 1. The Labute approximate surface area is 139 Å². The van der Waals surface area contributed by atoms with Gasteiger partial charge in [-0.3, -0.25) is 9.89 Å². The van der Waals surface area contributed by atoms with E-state index in [2.05, 4.69) is 25.9 Å². The predicted octanol–water partition coefficient (Wildman–Crippen LogP) is 4.65. The number of nitrogens with zero attached hydrogens (tertiary/aromatic N) is 1.